The fourth-order valence-electron chi connectivity index (χ4n) is 1.13. The summed E-state index contributed by atoms with van der Waals surface area (Å²) < 4.78 is 0. The first kappa shape index (κ1) is 13.3. The van der Waals surface area contributed by atoms with Crippen molar-refractivity contribution in [1.82, 2.24) is 0 Å². The number of hydrogen-bond acceptors (Lipinski definition) is 0. The molecular formula is C12H25Cl. The van der Waals surface area contributed by atoms with Gasteiger partial charge in [-0.25, -0.2) is 0 Å². The predicted molar refractivity (Wildman–Crippen MR) is 62.4 cm³/mol. The van der Waals surface area contributed by atoms with E-state index in [-0.39, 0.29) is 4.87 Å². The van der Waals surface area contributed by atoms with Gasteiger partial charge in [0.25, 0.3) is 0 Å². The largest absolute Gasteiger partial charge is 0.120 e. The lowest BCUT2D eigenvalue weighted by Crippen LogP contribution is -2.23. The monoisotopic (exact) mass is 204 g/mol. The van der Waals surface area contributed by atoms with E-state index >= 15 is 0 Å². The van der Waals surface area contributed by atoms with Crippen molar-refractivity contribution in [2.75, 3.05) is 0 Å². The Labute approximate surface area is 89.1 Å². The number of halogens is 1. The Balaban J connectivity index is 3.90. The highest BCUT2D eigenvalue weighted by Gasteiger charge is 2.25. The van der Waals surface area contributed by atoms with Crippen LogP contribution in [0, 0.1) is 11.3 Å². The van der Waals surface area contributed by atoms with Gasteiger partial charge in [-0.3, -0.25) is 0 Å². The highest BCUT2D eigenvalue weighted by Crippen LogP contribution is 2.33. The van der Waals surface area contributed by atoms with Crippen LogP contribution in [0.15, 0.2) is 0 Å². The zero-order chi connectivity index (χ0) is 10.7. The molecule has 0 aromatic rings. The molecule has 13 heavy (non-hydrogen) atoms. The van der Waals surface area contributed by atoms with E-state index in [1.54, 1.807) is 0 Å². The van der Waals surface area contributed by atoms with Gasteiger partial charge >= 0.3 is 0 Å². The molecule has 0 aliphatic carbocycles. The summed E-state index contributed by atoms with van der Waals surface area (Å²) in [5.41, 5.74) is 0.483. The van der Waals surface area contributed by atoms with Gasteiger partial charge in [0.1, 0.15) is 0 Å². The summed E-state index contributed by atoms with van der Waals surface area (Å²) in [6.07, 6.45) is 3.76. The van der Waals surface area contributed by atoms with Crippen molar-refractivity contribution < 1.29 is 0 Å². The fraction of sp³-hybridized carbons (Fsp3) is 1.00. The summed E-state index contributed by atoms with van der Waals surface area (Å²) in [5.74, 6) is 0.597. The Morgan fingerprint density at radius 1 is 1.15 bits per heavy atom. The minimum atomic E-state index is -0.0518. The van der Waals surface area contributed by atoms with Gasteiger partial charge < -0.3 is 0 Å². The molecule has 0 rings (SSSR count). The van der Waals surface area contributed by atoms with Gasteiger partial charge in [-0.2, -0.15) is 0 Å². The molecule has 80 valence electrons. The van der Waals surface area contributed by atoms with Crippen molar-refractivity contribution in [2.45, 2.75) is 65.7 Å². The second kappa shape index (κ2) is 4.68. The molecule has 0 nitrogen and oxygen atoms in total. The van der Waals surface area contributed by atoms with Crippen molar-refractivity contribution in [1.29, 1.82) is 0 Å². The lowest BCUT2D eigenvalue weighted by molar-refractivity contribution is 0.272. The summed E-state index contributed by atoms with van der Waals surface area (Å²) in [4.78, 5) is -0.0518. The van der Waals surface area contributed by atoms with Gasteiger partial charge in [0, 0.05) is 4.87 Å². The molecule has 0 amide bonds. The van der Waals surface area contributed by atoms with Crippen molar-refractivity contribution >= 4 is 11.6 Å². The van der Waals surface area contributed by atoms with Crippen LogP contribution in [-0.2, 0) is 0 Å². The third-order valence-electron chi connectivity index (χ3n) is 3.38. The molecule has 0 fully saturated rings. The average molecular weight is 205 g/mol. The average Bonchev–Trinajstić information content (AvgIpc) is 1.98. The SMILES string of the molecule is CCC(C)(C)CCC(C)C(C)(C)Cl. The van der Waals surface area contributed by atoms with Gasteiger partial charge in [0.05, 0.1) is 0 Å². The van der Waals surface area contributed by atoms with E-state index in [0.29, 0.717) is 11.3 Å². The van der Waals surface area contributed by atoms with Crippen molar-refractivity contribution in [3.8, 4) is 0 Å². The highest BCUT2D eigenvalue weighted by molar-refractivity contribution is 6.23. The maximum absolute atomic E-state index is 6.26. The lowest BCUT2D eigenvalue weighted by atomic mass is 9.80. The molecule has 0 aliphatic heterocycles. The van der Waals surface area contributed by atoms with Crippen molar-refractivity contribution in [2.24, 2.45) is 11.3 Å². The molecule has 0 saturated carbocycles. The van der Waals surface area contributed by atoms with Crippen LogP contribution in [0.4, 0.5) is 0 Å². The van der Waals surface area contributed by atoms with E-state index in [2.05, 4.69) is 41.5 Å². The predicted octanol–water partition coefficient (Wildman–Crippen LogP) is 4.86. The second-order valence-corrected chi connectivity index (χ2v) is 6.50. The molecule has 0 bridgehead atoms. The van der Waals surface area contributed by atoms with Crippen LogP contribution in [0.3, 0.4) is 0 Å². The van der Waals surface area contributed by atoms with E-state index in [0.717, 1.165) is 0 Å². The summed E-state index contributed by atoms with van der Waals surface area (Å²) in [6.45, 7) is 13.4. The highest BCUT2D eigenvalue weighted by atomic mass is 35.5. The Kier molecular flexibility index (Phi) is 4.79. The molecule has 1 atom stereocenters. The number of rotatable bonds is 5. The smallest absolute Gasteiger partial charge is 0.0416 e. The molecule has 1 unspecified atom stereocenters. The first-order valence-corrected chi connectivity index (χ1v) is 5.76. The van der Waals surface area contributed by atoms with E-state index < -0.39 is 0 Å². The van der Waals surface area contributed by atoms with E-state index in [9.17, 15) is 0 Å². The number of alkyl halides is 1. The summed E-state index contributed by atoms with van der Waals surface area (Å²) >= 11 is 6.26. The van der Waals surface area contributed by atoms with Crippen molar-refractivity contribution in [3.63, 3.8) is 0 Å². The standard InChI is InChI=1S/C12H25Cl/c1-7-11(3,4)9-8-10(2)12(5,6)13/h10H,7-9H2,1-6H3. The molecule has 0 aliphatic rings. The second-order valence-electron chi connectivity index (χ2n) is 5.52. The van der Waals surface area contributed by atoms with Crippen LogP contribution in [-0.4, -0.2) is 4.87 Å². The van der Waals surface area contributed by atoms with Gasteiger partial charge in [0.15, 0.2) is 0 Å². The molecule has 0 radical (unpaired) electrons. The molecule has 0 spiro atoms. The molecule has 0 N–H and O–H groups in total. The third-order valence-corrected chi connectivity index (χ3v) is 3.76. The minimum Gasteiger partial charge on any atom is -0.120 e. The maximum Gasteiger partial charge on any atom is 0.0416 e. The van der Waals surface area contributed by atoms with E-state index in [4.69, 9.17) is 11.6 Å². The molecule has 1 heteroatoms. The Hall–Kier alpha value is 0.290. The quantitative estimate of drug-likeness (QED) is 0.562. The van der Waals surface area contributed by atoms with Crippen LogP contribution in [0.5, 0.6) is 0 Å². The van der Waals surface area contributed by atoms with Crippen LogP contribution < -0.4 is 0 Å². The lowest BCUT2D eigenvalue weighted by Gasteiger charge is -2.29. The Morgan fingerprint density at radius 3 is 1.92 bits per heavy atom. The number of hydrogen-bond donors (Lipinski definition) is 0. The molecule has 0 aromatic heterocycles. The molecule has 0 saturated heterocycles. The Morgan fingerprint density at radius 2 is 1.62 bits per heavy atom. The molecule has 0 aromatic carbocycles. The maximum atomic E-state index is 6.26. The third kappa shape index (κ3) is 5.57. The Bertz CT molecular complexity index is 142. The van der Waals surface area contributed by atoms with Crippen LogP contribution in [0.1, 0.15) is 60.8 Å². The van der Waals surface area contributed by atoms with E-state index in [1.807, 2.05) is 0 Å². The van der Waals surface area contributed by atoms with Gasteiger partial charge in [-0.1, -0.05) is 34.1 Å². The van der Waals surface area contributed by atoms with Crippen LogP contribution >= 0.6 is 11.6 Å². The first-order valence-electron chi connectivity index (χ1n) is 5.38. The van der Waals surface area contributed by atoms with Crippen LogP contribution in [0.25, 0.3) is 0 Å². The van der Waals surface area contributed by atoms with Crippen LogP contribution in [0.2, 0.25) is 0 Å². The summed E-state index contributed by atoms with van der Waals surface area (Å²) in [6, 6.07) is 0. The van der Waals surface area contributed by atoms with Gasteiger partial charge in [-0.15, -0.1) is 11.6 Å². The molecular weight excluding hydrogens is 180 g/mol. The van der Waals surface area contributed by atoms with Gasteiger partial charge in [-0.05, 0) is 38.0 Å². The summed E-state index contributed by atoms with van der Waals surface area (Å²) in [7, 11) is 0. The topological polar surface area (TPSA) is 0 Å². The summed E-state index contributed by atoms with van der Waals surface area (Å²) in [5, 5.41) is 0. The van der Waals surface area contributed by atoms with Crippen molar-refractivity contribution in [3.05, 3.63) is 0 Å². The van der Waals surface area contributed by atoms with E-state index in [1.165, 1.54) is 19.3 Å². The fourth-order valence-corrected chi connectivity index (χ4v) is 1.24. The first-order chi connectivity index (χ1) is 5.69. The molecule has 0 heterocycles. The normalized spacial score (nSPS) is 15.9. The van der Waals surface area contributed by atoms with Gasteiger partial charge in [0.2, 0.25) is 0 Å². The zero-order valence-electron chi connectivity index (χ0n) is 10.1. The zero-order valence-corrected chi connectivity index (χ0v) is 10.8. The minimum absolute atomic E-state index is 0.0518.